The Balaban J connectivity index is 0.00000144. The number of halogens is 1. The zero-order valence-electron chi connectivity index (χ0n) is 10.7. The molecule has 2 saturated heterocycles. The van der Waals surface area contributed by atoms with E-state index in [0.717, 1.165) is 26.2 Å². The van der Waals surface area contributed by atoms with Crippen LogP contribution in [0.5, 0.6) is 0 Å². The first-order valence-corrected chi connectivity index (χ1v) is 6.47. The molecule has 1 unspecified atom stereocenters. The van der Waals surface area contributed by atoms with Crippen molar-refractivity contribution in [1.82, 2.24) is 15.1 Å². The largest absolute Gasteiger partial charge is 0.342 e. The number of piperidine rings is 1. The van der Waals surface area contributed by atoms with Gasteiger partial charge in [0.25, 0.3) is 0 Å². The molecular formula is C12H24ClN3O. The number of carbonyl (C=O) groups is 1. The third-order valence-corrected chi connectivity index (χ3v) is 3.73. The number of nitrogens with zero attached hydrogens (tertiary/aromatic N) is 2. The van der Waals surface area contributed by atoms with Crippen LogP contribution in [0.15, 0.2) is 0 Å². The van der Waals surface area contributed by atoms with Gasteiger partial charge in [-0.3, -0.25) is 9.69 Å². The van der Waals surface area contributed by atoms with E-state index in [1.165, 1.54) is 25.7 Å². The van der Waals surface area contributed by atoms with E-state index in [9.17, 15) is 4.79 Å². The SMILES string of the molecule is CNC1CCCN(CC(=O)N2CCCC2)C1.Cl. The summed E-state index contributed by atoms with van der Waals surface area (Å²) in [4.78, 5) is 16.3. The van der Waals surface area contributed by atoms with Crippen LogP contribution in [-0.2, 0) is 4.79 Å². The van der Waals surface area contributed by atoms with Gasteiger partial charge in [0.1, 0.15) is 0 Å². The van der Waals surface area contributed by atoms with Gasteiger partial charge in [-0.2, -0.15) is 0 Å². The number of rotatable bonds is 3. The zero-order chi connectivity index (χ0) is 11.4. The zero-order valence-corrected chi connectivity index (χ0v) is 11.5. The molecule has 2 fully saturated rings. The van der Waals surface area contributed by atoms with Crippen LogP contribution in [0.1, 0.15) is 25.7 Å². The van der Waals surface area contributed by atoms with Gasteiger partial charge in [0.05, 0.1) is 6.54 Å². The Morgan fingerprint density at radius 3 is 2.59 bits per heavy atom. The van der Waals surface area contributed by atoms with E-state index in [2.05, 4.69) is 10.2 Å². The van der Waals surface area contributed by atoms with E-state index in [1.807, 2.05) is 11.9 Å². The van der Waals surface area contributed by atoms with Crippen molar-refractivity contribution >= 4 is 18.3 Å². The van der Waals surface area contributed by atoms with E-state index in [1.54, 1.807) is 0 Å². The summed E-state index contributed by atoms with van der Waals surface area (Å²) in [7, 11) is 2.01. The molecule has 100 valence electrons. The van der Waals surface area contributed by atoms with Gasteiger partial charge in [0, 0.05) is 25.7 Å². The molecule has 0 saturated carbocycles. The van der Waals surface area contributed by atoms with Crippen molar-refractivity contribution in [2.45, 2.75) is 31.7 Å². The summed E-state index contributed by atoms with van der Waals surface area (Å²) in [5, 5.41) is 3.31. The molecule has 1 amide bonds. The predicted molar refractivity (Wildman–Crippen MR) is 71.6 cm³/mol. The van der Waals surface area contributed by atoms with Gasteiger partial charge < -0.3 is 10.2 Å². The van der Waals surface area contributed by atoms with Crippen LogP contribution in [0.4, 0.5) is 0 Å². The fraction of sp³-hybridized carbons (Fsp3) is 0.917. The maximum atomic E-state index is 12.0. The van der Waals surface area contributed by atoms with Gasteiger partial charge in [-0.15, -0.1) is 12.4 Å². The predicted octanol–water partition coefficient (Wildman–Crippen LogP) is 0.714. The minimum absolute atomic E-state index is 0. The van der Waals surface area contributed by atoms with E-state index in [-0.39, 0.29) is 12.4 Å². The highest BCUT2D eigenvalue weighted by Crippen LogP contribution is 2.12. The molecule has 0 radical (unpaired) electrons. The van der Waals surface area contributed by atoms with Crippen LogP contribution >= 0.6 is 12.4 Å². The van der Waals surface area contributed by atoms with Crippen molar-refractivity contribution in [3.05, 3.63) is 0 Å². The lowest BCUT2D eigenvalue weighted by Gasteiger charge is -2.32. The molecule has 17 heavy (non-hydrogen) atoms. The standard InChI is InChI=1S/C12H23N3O.ClH/c1-13-11-5-4-6-14(9-11)10-12(16)15-7-2-3-8-15;/h11,13H,2-10H2,1H3;1H. The van der Waals surface area contributed by atoms with Gasteiger partial charge in [0.2, 0.25) is 5.91 Å². The molecule has 2 aliphatic heterocycles. The Bertz CT molecular complexity index is 244. The topological polar surface area (TPSA) is 35.6 Å². The van der Waals surface area contributed by atoms with Crippen molar-refractivity contribution < 1.29 is 4.79 Å². The van der Waals surface area contributed by atoms with E-state index in [0.29, 0.717) is 18.5 Å². The lowest BCUT2D eigenvalue weighted by Crippen LogP contribution is -2.48. The third kappa shape index (κ3) is 4.12. The lowest BCUT2D eigenvalue weighted by atomic mass is 10.1. The number of amides is 1. The van der Waals surface area contributed by atoms with Gasteiger partial charge in [-0.05, 0) is 39.3 Å². The van der Waals surface area contributed by atoms with Gasteiger partial charge in [0.15, 0.2) is 0 Å². The Morgan fingerprint density at radius 2 is 1.94 bits per heavy atom. The number of carbonyl (C=O) groups excluding carboxylic acids is 1. The molecule has 0 aliphatic carbocycles. The fourth-order valence-corrected chi connectivity index (χ4v) is 2.69. The normalized spacial score (nSPS) is 25.7. The van der Waals surface area contributed by atoms with Gasteiger partial charge >= 0.3 is 0 Å². The highest BCUT2D eigenvalue weighted by molar-refractivity contribution is 5.85. The summed E-state index contributed by atoms with van der Waals surface area (Å²) in [6.45, 7) is 4.68. The first-order valence-electron chi connectivity index (χ1n) is 6.47. The van der Waals surface area contributed by atoms with Crippen LogP contribution in [0.25, 0.3) is 0 Å². The molecular weight excluding hydrogens is 238 g/mol. The second-order valence-electron chi connectivity index (χ2n) is 4.95. The fourth-order valence-electron chi connectivity index (χ4n) is 2.69. The number of nitrogens with one attached hydrogen (secondary N) is 1. The summed E-state index contributed by atoms with van der Waals surface area (Å²) in [5.41, 5.74) is 0. The summed E-state index contributed by atoms with van der Waals surface area (Å²) in [5.74, 6) is 0.328. The molecule has 1 N–H and O–H groups in total. The monoisotopic (exact) mass is 261 g/mol. The van der Waals surface area contributed by atoms with Crippen LogP contribution in [0.2, 0.25) is 0 Å². The number of hydrogen-bond acceptors (Lipinski definition) is 3. The Morgan fingerprint density at radius 1 is 1.24 bits per heavy atom. The van der Waals surface area contributed by atoms with Crippen LogP contribution in [-0.4, -0.2) is 61.5 Å². The molecule has 0 aromatic rings. The van der Waals surface area contributed by atoms with E-state index >= 15 is 0 Å². The number of likely N-dealkylation sites (tertiary alicyclic amines) is 2. The van der Waals surface area contributed by atoms with Crippen LogP contribution in [0, 0.1) is 0 Å². The molecule has 0 bridgehead atoms. The van der Waals surface area contributed by atoms with E-state index < -0.39 is 0 Å². The smallest absolute Gasteiger partial charge is 0.236 e. The van der Waals surface area contributed by atoms with Crippen LogP contribution in [0.3, 0.4) is 0 Å². The minimum atomic E-state index is 0. The number of hydrogen-bond donors (Lipinski definition) is 1. The highest BCUT2D eigenvalue weighted by Gasteiger charge is 2.23. The Labute approximate surface area is 110 Å². The second kappa shape index (κ2) is 7.19. The second-order valence-corrected chi connectivity index (χ2v) is 4.95. The maximum Gasteiger partial charge on any atom is 0.236 e. The maximum absolute atomic E-state index is 12.0. The highest BCUT2D eigenvalue weighted by atomic mass is 35.5. The van der Waals surface area contributed by atoms with Gasteiger partial charge in [-0.25, -0.2) is 0 Å². The molecule has 1 atom stereocenters. The first kappa shape index (κ1) is 14.7. The quantitative estimate of drug-likeness (QED) is 0.813. The average Bonchev–Trinajstić information content (AvgIpc) is 2.83. The van der Waals surface area contributed by atoms with E-state index in [4.69, 9.17) is 0 Å². The summed E-state index contributed by atoms with van der Waals surface area (Å²) in [6.07, 6.45) is 4.82. The molecule has 0 aromatic heterocycles. The molecule has 0 spiro atoms. The summed E-state index contributed by atoms with van der Waals surface area (Å²) in [6, 6.07) is 0.570. The van der Waals surface area contributed by atoms with Crippen molar-refractivity contribution in [2.75, 3.05) is 39.8 Å². The summed E-state index contributed by atoms with van der Waals surface area (Å²) >= 11 is 0. The molecule has 2 heterocycles. The molecule has 2 rings (SSSR count). The van der Waals surface area contributed by atoms with Crippen molar-refractivity contribution in [2.24, 2.45) is 0 Å². The molecule has 4 nitrogen and oxygen atoms in total. The van der Waals surface area contributed by atoms with Gasteiger partial charge in [-0.1, -0.05) is 0 Å². The van der Waals surface area contributed by atoms with Crippen molar-refractivity contribution in [3.8, 4) is 0 Å². The first-order chi connectivity index (χ1) is 7.79. The molecule has 5 heteroatoms. The molecule has 2 aliphatic rings. The van der Waals surface area contributed by atoms with Crippen molar-refractivity contribution in [1.29, 1.82) is 0 Å². The third-order valence-electron chi connectivity index (χ3n) is 3.73. The van der Waals surface area contributed by atoms with Crippen molar-refractivity contribution in [3.63, 3.8) is 0 Å². The minimum Gasteiger partial charge on any atom is -0.342 e. The Hall–Kier alpha value is -0.320. The Kier molecular flexibility index (Phi) is 6.23. The average molecular weight is 262 g/mol. The molecule has 0 aromatic carbocycles. The number of likely N-dealkylation sites (N-methyl/N-ethyl adjacent to an activating group) is 1. The summed E-state index contributed by atoms with van der Waals surface area (Å²) < 4.78 is 0. The van der Waals surface area contributed by atoms with Crippen LogP contribution < -0.4 is 5.32 Å². The lowest BCUT2D eigenvalue weighted by molar-refractivity contribution is -0.131.